The van der Waals surface area contributed by atoms with E-state index >= 15 is 0 Å². The number of anilines is 1. The van der Waals surface area contributed by atoms with Crippen LogP contribution in [0.15, 0.2) is 29.4 Å². The molecule has 0 fully saturated rings. The van der Waals surface area contributed by atoms with Crippen molar-refractivity contribution in [2.75, 3.05) is 11.8 Å². The number of sulfonamides is 1. The number of benzene rings is 1. The molecule has 7 nitrogen and oxygen atoms in total. The van der Waals surface area contributed by atoms with Crippen LogP contribution in [0, 0.1) is 13.8 Å². The number of aromatic amines is 1. The van der Waals surface area contributed by atoms with Crippen LogP contribution in [0.2, 0.25) is 0 Å². The van der Waals surface area contributed by atoms with E-state index in [1.54, 1.807) is 26.0 Å². The van der Waals surface area contributed by atoms with Crippen LogP contribution in [0.5, 0.6) is 0 Å². The minimum atomic E-state index is -3.78. The number of hydrogen-bond acceptors (Lipinski definition) is 5. The molecule has 0 radical (unpaired) electrons. The molecule has 0 unspecified atom stereocenters. The van der Waals surface area contributed by atoms with Gasteiger partial charge in [0.25, 0.3) is 10.0 Å². The molecule has 1 aromatic carbocycles. The number of carbonyl (C=O) groups is 1. The molecule has 0 aliphatic carbocycles. The van der Waals surface area contributed by atoms with Crippen molar-refractivity contribution in [2.24, 2.45) is 0 Å². The summed E-state index contributed by atoms with van der Waals surface area (Å²) in [6, 6.07) is 4.64. The summed E-state index contributed by atoms with van der Waals surface area (Å²) >= 11 is 0. The molecule has 2 aromatic rings. The molecule has 21 heavy (non-hydrogen) atoms. The molecule has 0 atom stereocenters. The molecule has 0 amide bonds. The van der Waals surface area contributed by atoms with Gasteiger partial charge in [0, 0.05) is 0 Å². The summed E-state index contributed by atoms with van der Waals surface area (Å²) in [6.45, 7) is 3.39. The summed E-state index contributed by atoms with van der Waals surface area (Å²) in [4.78, 5) is 18.0. The summed E-state index contributed by atoms with van der Waals surface area (Å²) in [7, 11) is -2.52. The number of aromatic nitrogens is 2. The molecule has 112 valence electrons. The van der Waals surface area contributed by atoms with E-state index in [0.717, 1.165) is 0 Å². The van der Waals surface area contributed by atoms with Gasteiger partial charge in [-0.3, -0.25) is 4.72 Å². The molecule has 1 aromatic heterocycles. The highest BCUT2D eigenvalue weighted by atomic mass is 32.2. The van der Waals surface area contributed by atoms with Crippen molar-refractivity contribution in [3.8, 4) is 0 Å². The topological polar surface area (TPSA) is 101 Å². The summed E-state index contributed by atoms with van der Waals surface area (Å²) in [5.41, 5.74) is 1.26. The number of methoxy groups -OCH3 is 1. The maximum Gasteiger partial charge on any atom is 0.337 e. The lowest BCUT2D eigenvalue weighted by Gasteiger charge is -2.10. The minimum Gasteiger partial charge on any atom is -0.465 e. The number of ether oxygens (including phenoxy) is 1. The fraction of sp³-hybridized carbons (Fsp3) is 0.231. The summed E-state index contributed by atoms with van der Waals surface area (Å²) in [5, 5.41) is -0.0390. The van der Waals surface area contributed by atoms with Gasteiger partial charge in [0.2, 0.25) is 0 Å². The molecule has 0 aliphatic rings. The van der Waals surface area contributed by atoms with E-state index in [2.05, 4.69) is 19.4 Å². The zero-order chi connectivity index (χ0) is 15.6. The zero-order valence-corrected chi connectivity index (χ0v) is 12.6. The zero-order valence-electron chi connectivity index (χ0n) is 11.8. The molecule has 1 heterocycles. The van der Waals surface area contributed by atoms with Crippen molar-refractivity contribution < 1.29 is 17.9 Å². The van der Waals surface area contributed by atoms with Gasteiger partial charge in [-0.1, -0.05) is 6.07 Å². The molecular weight excluding hydrogens is 294 g/mol. The normalized spacial score (nSPS) is 11.2. The van der Waals surface area contributed by atoms with Gasteiger partial charge in [-0.25, -0.2) is 9.78 Å². The molecule has 2 N–H and O–H groups in total. The van der Waals surface area contributed by atoms with Crippen LogP contribution in [-0.4, -0.2) is 31.5 Å². The molecule has 0 bridgehead atoms. The fourth-order valence-corrected chi connectivity index (χ4v) is 2.80. The van der Waals surface area contributed by atoms with Gasteiger partial charge in [0.15, 0.2) is 5.03 Å². The van der Waals surface area contributed by atoms with E-state index in [9.17, 15) is 13.2 Å². The van der Waals surface area contributed by atoms with Crippen molar-refractivity contribution in [3.63, 3.8) is 0 Å². The number of carbonyl (C=O) groups excluding carboxylic acids is 1. The summed E-state index contributed by atoms with van der Waals surface area (Å²) < 4.78 is 31.5. The predicted octanol–water partition coefficient (Wildman–Crippen LogP) is 1.61. The van der Waals surface area contributed by atoms with Gasteiger partial charge < -0.3 is 9.72 Å². The molecular formula is C13H15N3O4S. The standard InChI is InChI=1S/C13H15N3O4S/c1-8-4-5-10(13(17)20-3)6-11(8)16-21(18,19)12-7-14-9(2)15-12/h4-7,16H,1-3H3,(H,14,15). The molecule has 2 rings (SSSR count). The number of H-pyrrole nitrogens is 1. The third-order valence-corrected chi connectivity index (χ3v) is 4.15. The number of imidazole rings is 1. The van der Waals surface area contributed by atoms with Crippen LogP contribution in [0.4, 0.5) is 5.69 Å². The number of nitrogens with one attached hydrogen (secondary N) is 2. The third-order valence-electron chi connectivity index (χ3n) is 2.87. The Hall–Kier alpha value is -2.35. The first-order valence-electron chi connectivity index (χ1n) is 6.07. The maximum absolute atomic E-state index is 12.2. The van der Waals surface area contributed by atoms with Gasteiger partial charge in [-0.2, -0.15) is 8.42 Å². The second-order valence-corrected chi connectivity index (χ2v) is 6.11. The first-order valence-corrected chi connectivity index (χ1v) is 7.55. The van der Waals surface area contributed by atoms with Crippen molar-refractivity contribution in [3.05, 3.63) is 41.3 Å². The first kappa shape index (κ1) is 15.0. The number of rotatable bonds is 4. The summed E-state index contributed by atoms with van der Waals surface area (Å²) in [5.74, 6) is -0.0387. The van der Waals surface area contributed by atoms with Crippen LogP contribution in [0.25, 0.3) is 0 Å². The van der Waals surface area contributed by atoms with Crippen molar-refractivity contribution in [1.82, 2.24) is 9.97 Å². The molecule has 8 heteroatoms. The van der Waals surface area contributed by atoms with E-state index < -0.39 is 16.0 Å². The van der Waals surface area contributed by atoms with E-state index in [1.807, 2.05) is 0 Å². The number of nitrogens with zero attached hydrogens (tertiary/aromatic N) is 1. The molecule has 0 spiro atoms. The lowest BCUT2D eigenvalue weighted by molar-refractivity contribution is 0.0601. The number of esters is 1. The van der Waals surface area contributed by atoms with E-state index in [0.29, 0.717) is 17.1 Å². The van der Waals surface area contributed by atoms with Crippen molar-refractivity contribution >= 4 is 21.7 Å². The highest BCUT2D eigenvalue weighted by molar-refractivity contribution is 7.92. The van der Waals surface area contributed by atoms with E-state index in [4.69, 9.17) is 0 Å². The van der Waals surface area contributed by atoms with Gasteiger partial charge >= 0.3 is 5.97 Å². The average Bonchev–Trinajstić information content (AvgIpc) is 2.87. The smallest absolute Gasteiger partial charge is 0.337 e. The quantitative estimate of drug-likeness (QED) is 0.836. The highest BCUT2D eigenvalue weighted by Gasteiger charge is 2.18. The minimum absolute atomic E-state index is 0.0390. The van der Waals surface area contributed by atoms with E-state index in [-0.39, 0.29) is 10.6 Å². The monoisotopic (exact) mass is 309 g/mol. The van der Waals surface area contributed by atoms with Gasteiger partial charge in [0.1, 0.15) is 5.82 Å². The van der Waals surface area contributed by atoms with Gasteiger partial charge in [0.05, 0.1) is 24.6 Å². The average molecular weight is 309 g/mol. The Labute approximate surface area is 122 Å². The second kappa shape index (κ2) is 5.57. The van der Waals surface area contributed by atoms with Crippen LogP contribution >= 0.6 is 0 Å². The van der Waals surface area contributed by atoms with Crippen molar-refractivity contribution in [1.29, 1.82) is 0 Å². The van der Waals surface area contributed by atoms with Crippen molar-refractivity contribution in [2.45, 2.75) is 18.9 Å². The van der Waals surface area contributed by atoms with Crippen LogP contribution in [0.1, 0.15) is 21.7 Å². The Kier molecular flexibility index (Phi) is 3.99. The Morgan fingerprint density at radius 1 is 1.33 bits per heavy atom. The number of hydrogen-bond donors (Lipinski definition) is 2. The second-order valence-electron chi connectivity index (χ2n) is 4.46. The third kappa shape index (κ3) is 3.22. The van der Waals surface area contributed by atoms with Gasteiger partial charge in [-0.05, 0) is 31.5 Å². The summed E-state index contributed by atoms with van der Waals surface area (Å²) in [6.07, 6.45) is 1.23. The fourth-order valence-electron chi connectivity index (χ4n) is 1.71. The van der Waals surface area contributed by atoms with Crippen LogP contribution in [0.3, 0.4) is 0 Å². The Morgan fingerprint density at radius 2 is 2.05 bits per heavy atom. The predicted molar refractivity (Wildman–Crippen MR) is 76.7 cm³/mol. The Balaban J connectivity index is 2.37. The Morgan fingerprint density at radius 3 is 2.62 bits per heavy atom. The lowest BCUT2D eigenvalue weighted by Crippen LogP contribution is -2.15. The van der Waals surface area contributed by atoms with Crippen LogP contribution < -0.4 is 4.72 Å². The van der Waals surface area contributed by atoms with Crippen LogP contribution in [-0.2, 0) is 14.8 Å². The highest BCUT2D eigenvalue weighted by Crippen LogP contribution is 2.21. The largest absolute Gasteiger partial charge is 0.465 e. The molecule has 0 aliphatic heterocycles. The first-order chi connectivity index (χ1) is 9.83. The lowest BCUT2D eigenvalue weighted by atomic mass is 10.1. The molecule has 0 saturated heterocycles. The SMILES string of the molecule is COC(=O)c1ccc(C)c(NS(=O)(=O)c2cnc(C)[nH]2)c1. The maximum atomic E-state index is 12.2. The van der Waals surface area contributed by atoms with E-state index in [1.165, 1.54) is 19.4 Å². The number of aryl methyl sites for hydroxylation is 2. The molecule has 0 saturated carbocycles. The Bertz CT molecular complexity index is 780. The van der Waals surface area contributed by atoms with Gasteiger partial charge in [-0.15, -0.1) is 0 Å².